The number of aryl methyl sites for hydroxylation is 1. The van der Waals surface area contributed by atoms with Crippen LogP contribution in [0.3, 0.4) is 0 Å². The minimum Gasteiger partial charge on any atom is -0.493 e. The molecule has 0 saturated heterocycles. The first-order chi connectivity index (χ1) is 9.76. The monoisotopic (exact) mass is 271 g/mol. The molecule has 1 aromatic carbocycles. The Balaban J connectivity index is 1.68. The number of methoxy groups -OCH3 is 1. The third-order valence-corrected chi connectivity index (χ3v) is 3.17. The molecule has 0 aliphatic rings. The Morgan fingerprint density at radius 3 is 2.65 bits per heavy atom. The standard InChI is InChI=1S/C16H17NO3/c1-11-6-7-13(19-11)9-17-10-14-8-12-4-3-5-15(18-2)16(12)20-14/h3-8,17H,9-10H2,1-2H3. The summed E-state index contributed by atoms with van der Waals surface area (Å²) in [6, 6.07) is 11.8. The molecule has 0 bridgehead atoms. The summed E-state index contributed by atoms with van der Waals surface area (Å²) in [5, 5.41) is 4.35. The van der Waals surface area contributed by atoms with Gasteiger partial charge in [-0.25, -0.2) is 0 Å². The highest BCUT2D eigenvalue weighted by atomic mass is 16.5. The van der Waals surface area contributed by atoms with Crippen molar-refractivity contribution in [3.05, 3.63) is 53.7 Å². The molecule has 2 aromatic heterocycles. The van der Waals surface area contributed by atoms with Crippen molar-refractivity contribution in [2.24, 2.45) is 0 Å². The molecule has 0 atom stereocenters. The van der Waals surface area contributed by atoms with E-state index in [1.54, 1.807) is 7.11 Å². The van der Waals surface area contributed by atoms with E-state index in [9.17, 15) is 0 Å². The van der Waals surface area contributed by atoms with E-state index >= 15 is 0 Å². The first-order valence-electron chi connectivity index (χ1n) is 6.58. The average Bonchev–Trinajstić information content (AvgIpc) is 3.04. The topological polar surface area (TPSA) is 47.5 Å². The molecular formula is C16H17NO3. The van der Waals surface area contributed by atoms with Gasteiger partial charge >= 0.3 is 0 Å². The quantitative estimate of drug-likeness (QED) is 0.769. The van der Waals surface area contributed by atoms with Gasteiger partial charge in [0.2, 0.25) is 0 Å². The maximum absolute atomic E-state index is 5.82. The van der Waals surface area contributed by atoms with Gasteiger partial charge in [0.25, 0.3) is 0 Å². The molecule has 0 amide bonds. The van der Waals surface area contributed by atoms with Crippen molar-refractivity contribution in [3.63, 3.8) is 0 Å². The minimum absolute atomic E-state index is 0.650. The van der Waals surface area contributed by atoms with Gasteiger partial charge in [0.05, 0.1) is 20.2 Å². The number of hydrogen-bond acceptors (Lipinski definition) is 4. The molecule has 0 unspecified atom stereocenters. The van der Waals surface area contributed by atoms with E-state index in [1.165, 1.54) is 0 Å². The highest BCUT2D eigenvalue weighted by Crippen LogP contribution is 2.28. The lowest BCUT2D eigenvalue weighted by molar-refractivity contribution is 0.404. The lowest BCUT2D eigenvalue weighted by Gasteiger charge is -2.00. The molecular weight excluding hydrogens is 254 g/mol. The van der Waals surface area contributed by atoms with Crippen molar-refractivity contribution in [1.29, 1.82) is 0 Å². The second-order valence-corrected chi connectivity index (χ2v) is 4.71. The molecule has 0 saturated carbocycles. The van der Waals surface area contributed by atoms with E-state index < -0.39 is 0 Å². The molecule has 1 N–H and O–H groups in total. The summed E-state index contributed by atoms with van der Waals surface area (Å²) in [6.07, 6.45) is 0. The Kier molecular flexibility index (Phi) is 3.48. The fraction of sp³-hybridized carbons (Fsp3) is 0.250. The molecule has 0 radical (unpaired) electrons. The Morgan fingerprint density at radius 2 is 1.90 bits per heavy atom. The van der Waals surface area contributed by atoms with E-state index in [1.807, 2.05) is 43.3 Å². The average molecular weight is 271 g/mol. The highest BCUT2D eigenvalue weighted by molar-refractivity contribution is 5.83. The number of para-hydroxylation sites is 1. The second kappa shape index (κ2) is 5.43. The molecule has 0 aliphatic carbocycles. The molecule has 0 spiro atoms. The summed E-state index contributed by atoms with van der Waals surface area (Å²) >= 11 is 0. The Labute approximate surface area is 117 Å². The van der Waals surface area contributed by atoms with E-state index in [0.29, 0.717) is 13.1 Å². The van der Waals surface area contributed by atoms with Gasteiger partial charge in [0, 0.05) is 5.39 Å². The molecule has 4 heteroatoms. The largest absolute Gasteiger partial charge is 0.493 e. The van der Waals surface area contributed by atoms with Gasteiger partial charge in [-0.2, -0.15) is 0 Å². The first-order valence-corrected chi connectivity index (χ1v) is 6.58. The van der Waals surface area contributed by atoms with Crippen LogP contribution in [0, 0.1) is 6.92 Å². The Hall–Kier alpha value is -2.20. The number of nitrogens with one attached hydrogen (secondary N) is 1. The fourth-order valence-electron chi connectivity index (χ4n) is 2.23. The van der Waals surface area contributed by atoms with Crippen LogP contribution in [-0.2, 0) is 13.1 Å². The lowest BCUT2D eigenvalue weighted by Crippen LogP contribution is -2.11. The van der Waals surface area contributed by atoms with Crippen LogP contribution in [0.1, 0.15) is 17.3 Å². The summed E-state index contributed by atoms with van der Waals surface area (Å²) in [7, 11) is 1.65. The predicted octanol–water partition coefficient (Wildman–Crippen LogP) is 3.63. The maximum Gasteiger partial charge on any atom is 0.176 e. The number of ether oxygens (including phenoxy) is 1. The van der Waals surface area contributed by atoms with Crippen molar-refractivity contribution in [2.75, 3.05) is 7.11 Å². The van der Waals surface area contributed by atoms with Gasteiger partial charge in [-0.15, -0.1) is 0 Å². The lowest BCUT2D eigenvalue weighted by atomic mass is 10.2. The predicted molar refractivity (Wildman–Crippen MR) is 76.8 cm³/mol. The number of hydrogen-bond donors (Lipinski definition) is 1. The smallest absolute Gasteiger partial charge is 0.176 e. The molecule has 3 aromatic rings. The molecule has 3 rings (SSSR count). The number of benzene rings is 1. The van der Waals surface area contributed by atoms with Crippen LogP contribution in [0.4, 0.5) is 0 Å². The van der Waals surface area contributed by atoms with Gasteiger partial charge in [-0.3, -0.25) is 0 Å². The van der Waals surface area contributed by atoms with E-state index in [4.69, 9.17) is 13.6 Å². The van der Waals surface area contributed by atoms with Crippen molar-refractivity contribution >= 4 is 11.0 Å². The summed E-state index contributed by atoms with van der Waals surface area (Å²) in [5.41, 5.74) is 0.792. The van der Waals surface area contributed by atoms with Crippen LogP contribution in [0.5, 0.6) is 5.75 Å². The number of fused-ring (bicyclic) bond motifs is 1. The summed E-state index contributed by atoms with van der Waals surface area (Å²) in [5.74, 6) is 3.50. The molecule has 104 valence electrons. The molecule has 0 aliphatic heterocycles. The molecule has 2 heterocycles. The first kappa shape index (κ1) is 12.8. The van der Waals surface area contributed by atoms with Gasteiger partial charge in [0.15, 0.2) is 11.3 Å². The normalized spacial score (nSPS) is 11.1. The van der Waals surface area contributed by atoms with Crippen LogP contribution >= 0.6 is 0 Å². The van der Waals surface area contributed by atoms with Crippen LogP contribution in [-0.4, -0.2) is 7.11 Å². The number of furan rings is 2. The van der Waals surface area contributed by atoms with Gasteiger partial charge in [-0.05, 0) is 31.2 Å². The highest BCUT2D eigenvalue weighted by Gasteiger charge is 2.08. The van der Waals surface area contributed by atoms with Gasteiger partial charge < -0.3 is 18.9 Å². The fourth-order valence-corrected chi connectivity index (χ4v) is 2.23. The SMILES string of the molecule is COc1cccc2cc(CNCc3ccc(C)o3)oc12. The Morgan fingerprint density at radius 1 is 1.05 bits per heavy atom. The zero-order chi connectivity index (χ0) is 13.9. The minimum atomic E-state index is 0.650. The number of rotatable bonds is 5. The van der Waals surface area contributed by atoms with Crippen molar-refractivity contribution in [1.82, 2.24) is 5.32 Å². The van der Waals surface area contributed by atoms with Crippen LogP contribution in [0.2, 0.25) is 0 Å². The summed E-state index contributed by atoms with van der Waals surface area (Å²) in [4.78, 5) is 0. The van der Waals surface area contributed by atoms with Gasteiger partial charge in [0.1, 0.15) is 17.3 Å². The van der Waals surface area contributed by atoms with Gasteiger partial charge in [-0.1, -0.05) is 12.1 Å². The van der Waals surface area contributed by atoms with E-state index in [0.717, 1.165) is 34.0 Å². The molecule has 20 heavy (non-hydrogen) atoms. The zero-order valence-corrected chi connectivity index (χ0v) is 11.6. The van der Waals surface area contributed by atoms with Crippen LogP contribution < -0.4 is 10.1 Å². The van der Waals surface area contributed by atoms with Crippen molar-refractivity contribution < 1.29 is 13.6 Å². The van der Waals surface area contributed by atoms with E-state index in [2.05, 4.69) is 5.32 Å². The zero-order valence-electron chi connectivity index (χ0n) is 11.6. The molecule has 0 fully saturated rings. The summed E-state index contributed by atoms with van der Waals surface area (Å²) in [6.45, 7) is 3.27. The van der Waals surface area contributed by atoms with Crippen LogP contribution in [0.15, 0.2) is 45.2 Å². The summed E-state index contributed by atoms with van der Waals surface area (Å²) < 4.78 is 16.6. The third kappa shape index (κ3) is 2.56. The second-order valence-electron chi connectivity index (χ2n) is 4.71. The third-order valence-electron chi connectivity index (χ3n) is 3.17. The molecule has 4 nitrogen and oxygen atoms in total. The van der Waals surface area contributed by atoms with Crippen molar-refractivity contribution in [3.8, 4) is 5.75 Å². The van der Waals surface area contributed by atoms with Crippen molar-refractivity contribution in [2.45, 2.75) is 20.0 Å². The Bertz CT molecular complexity index is 711. The van der Waals surface area contributed by atoms with Crippen LogP contribution in [0.25, 0.3) is 11.0 Å². The van der Waals surface area contributed by atoms with E-state index in [-0.39, 0.29) is 0 Å². The maximum atomic E-state index is 5.82.